The molecule has 0 unspecified atom stereocenters. The molecule has 5 rings (SSSR count). The van der Waals surface area contributed by atoms with Gasteiger partial charge in [0.05, 0.1) is 42.2 Å². The molecule has 1 aliphatic rings. The van der Waals surface area contributed by atoms with Crippen molar-refractivity contribution < 1.29 is 28.5 Å². The largest absolute Gasteiger partial charge is 0.490 e. The maximum Gasteiger partial charge on any atom is 0.343 e. The molecule has 0 radical (unpaired) electrons. The molecule has 10 heteroatoms. The summed E-state index contributed by atoms with van der Waals surface area (Å²) in [7, 11) is 1.28. The summed E-state index contributed by atoms with van der Waals surface area (Å²) in [4.78, 5) is 44.1. The smallest absolute Gasteiger partial charge is 0.343 e. The highest BCUT2D eigenvalue weighted by molar-refractivity contribution is 7.07. The van der Waals surface area contributed by atoms with E-state index >= 15 is 0 Å². The Kier molecular flexibility index (Phi) is 8.53. The lowest BCUT2D eigenvalue weighted by molar-refractivity contribution is -0.143. The van der Waals surface area contributed by atoms with Crippen molar-refractivity contribution in [1.82, 2.24) is 4.57 Å². The summed E-state index contributed by atoms with van der Waals surface area (Å²) in [6, 6.07) is 18.2. The Morgan fingerprint density at radius 3 is 2.55 bits per heavy atom. The summed E-state index contributed by atoms with van der Waals surface area (Å²) in [5.74, 6) is -0.415. The van der Waals surface area contributed by atoms with Gasteiger partial charge in [0.25, 0.3) is 5.56 Å². The number of rotatable bonds is 9. The van der Waals surface area contributed by atoms with Gasteiger partial charge in [-0.1, -0.05) is 59.9 Å². The first kappa shape index (κ1) is 28.8. The summed E-state index contributed by atoms with van der Waals surface area (Å²) in [6.45, 7) is 5.47. The molecule has 0 saturated heterocycles. The van der Waals surface area contributed by atoms with Crippen LogP contribution in [0.4, 0.5) is 0 Å². The monoisotopic (exact) mass is 586 g/mol. The third-order valence-corrected chi connectivity index (χ3v) is 7.77. The van der Waals surface area contributed by atoms with Crippen LogP contribution in [-0.4, -0.2) is 43.4 Å². The maximum absolute atomic E-state index is 14.1. The highest BCUT2D eigenvalue weighted by Gasteiger charge is 2.34. The van der Waals surface area contributed by atoms with Gasteiger partial charge in [0, 0.05) is 0 Å². The van der Waals surface area contributed by atoms with Crippen molar-refractivity contribution in [3.05, 3.63) is 103 Å². The third-order valence-electron chi connectivity index (χ3n) is 6.78. The van der Waals surface area contributed by atoms with Gasteiger partial charge >= 0.3 is 11.9 Å². The Morgan fingerprint density at radius 2 is 1.79 bits per heavy atom. The van der Waals surface area contributed by atoms with E-state index in [1.807, 2.05) is 55.5 Å². The van der Waals surface area contributed by atoms with Gasteiger partial charge in [-0.15, -0.1) is 0 Å². The van der Waals surface area contributed by atoms with Crippen LogP contribution in [0.3, 0.4) is 0 Å². The number of ether oxygens (including phenoxy) is 4. The Labute approximate surface area is 245 Å². The number of nitrogens with zero attached hydrogens (tertiary/aromatic N) is 2. The number of thiazole rings is 1. The zero-order chi connectivity index (χ0) is 29.8. The van der Waals surface area contributed by atoms with E-state index in [4.69, 9.17) is 14.2 Å². The summed E-state index contributed by atoms with van der Waals surface area (Å²) >= 11 is 1.26. The van der Waals surface area contributed by atoms with E-state index in [0.717, 1.165) is 16.3 Å². The van der Waals surface area contributed by atoms with Gasteiger partial charge in [0.2, 0.25) is 0 Å². The second-order valence-corrected chi connectivity index (χ2v) is 10.4. The fraction of sp³-hybridized carbons (Fsp3) is 0.250. The Morgan fingerprint density at radius 1 is 1.00 bits per heavy atom. The van der Waals surface area contributed by atoms with Crippen molar-refractivity contribution in [2.24, 2.45) is 4.99 Å². The normalized spacial score (nSPS) is 14.8. The number of fused-ring (bicyclic) bond motifs is 2. The van der Waals surface area contributed by atoms with Gasteiger partial charge in [-0.3, -0.25) is 9.36 Å². The van der Waals surface area contributed by atoms with E-state index < -0.39 is 18.0 Å². The Bertz CT molecular complexity index is 1880. The molecule has 216 valence electrons. The molecule has 0 aliphatic carbocycles. The predicted molar refractivity (Wildman–Crippen MR) is 159 cm³/mol. The van der Waals surface area contributed by atoms with Crippen molar-refractivity contribution in [2.45, 2.75) is 26.8 Å². The molecule has 42 heavy (non-hydrogen) atoms. The average molecular weight is 587 g/mol. The van der Waals surface area contributed by atoms with Gasteiger partial charge in [-0.05, 0) is 60.9 Å². The third kappa shape index (κ3) is 5.58. The van der Waals surface area contributed by atoms with Crippen LogP contribution >= 0.6 is 11.3 Å². The van der Waals surface area contributed by atoms with Crippen LogP contribution in [0.5, 0.6) is 11.5 Å². The van der Waals surface area contributed by atoms with Gasteiger partial charge in [0.1, 0.15) is 0 Å². The van der Waals surface area contributed by atoms with Crippen LogP contribution in [0.2, 0.25) is 0 Å². The highest BCUT2D eigenvalue weighted by atomic mass is 32.1. The molecule has 4 aromatic rings. The molecule has 1 aliphatic heterocycles. The molecule has 0 N–H and O–H groups in total. The SMILES string of the molecule is CCOC(=O)C1=C(C)N=c2s/c(=C/c3cccc4ccccc34)c(=O)n2[C@H]1c1ccc(OCC(=O)OC)c(OCC)c1. The summed E-state index contributed by atoms with van der Waals surface area (Å²) in [5.41, 5.74) is 1.93. The standard InChI is InChI=1S/C32H30N2O7S/c1-5-39-25-16-22(14-15-24(25)41-18-27(35)38-4)29-28(31(37)40-6-2)19(3)33-32-34(29)30(36)26(42-32)17-21-12-9-11-20-10-7-8-13-23(20)21/h7-17,29H,5-6,18H2,1-4H3/b26-17+/t29-/m0/s1. The molecule has 1 aromatic heterocycles. The van der Waals surface area contributed by atoms with Crippen LogP contribution in [-0.2, 0) is 19.1 Å². The van der Waals surface area contributed by atoms with Gasteiger partial charge in [-0.2, -0.15) is 0 Å². The minimum Gasteiger partial charge on any atom is -0.490 e. The van der Waals surface area contributed by atoms with E-state index in [2.05, 4.69) is 9.73 Å². The number of allylic oxidation sites excluding steroid dienone is 1. The van der Waals surface area contributed by atoms with E-state index in [1.54, 1.807) is 32.0 Å². The molecule has 0 spiro atoms. The molecule has 0 amide bonds. The highest BCUT2D eigenvalue weighted by Crippen LogP contribution is 2.36. The first-order chi connectivity index (χ1) is 20.4. The summed E-state index contributed by atoms with van der Waals surface area (Å²) in [6.07, 6.45) is 1.86. The molecule has 0 saturated carbocycles. The predicted octanol–water partition coefficient (Wildman–Crippen LogP) is 3.90. The summed E-state index contributed by atoms with van der Waals surface area (Å²) in [5, 5.41) is 2.09. The van der Waals surface area contributed by atoms with E-state index in [-0.39, 0.29) is 24.3 Å². The van der Waals surface area contributed by atoms with E-state index in [9.17, 15) is 14.4 Å². The molecule has 3 aromatic carbocycles. The zero-order valence-corrected chi connectivity index (χ0v) is 24.5. The minimum atomic E-state index is -0.830. The lowest BCUT2D eigenvalue weighted by atomic mass is 9.95. The zero-order valence-electron chi connectivity index (χ0n) is 23.7. The van der Waals surface area contributed by atoms with Gasteiger partial charge in [-0.25, -0.2) is 14.6 Å². The fourth-order valence-electron chi connectivity index (χ4n) is 4.90. The topological polar surface area (TPSA) is 105 Å². The molecular weight excluding hydrogens is 556 g/mol. The minimum absolute atomic E-state index is 0.165. The fourth-order valence-corrected chi connectivity index (χ4v) is 5.94. The van der Waals surface area contributed by atoms with Crippen molar-refractivity contribution in [3.8, 4) is 11.5 Å². The number of carbonyl (C=O) groups is 2. The Hall–Kier alpha value is -4.70. The molecular formula is C32H30N2O7S. The van der Waals surface area contributed by atoms with E-state index in [1.165, 1.54) is 23.0 Å². The molecule has 0 bridgehead atoms. The molecule has 9 nitrogen and oxygen atoms in total. The van der Waals surface area contributed by atoms with E-state index in [0.29, 0.717) is 38.7 Å². The first-order valence-corrected chi connectivity index (χ1v) is 14.3. The number of esters is 2. The number of carbonyl (C=O) groups excluding carboxylic acids is 2. The van der Waals surface area contributed by atoms with Crippen molar-refractivity contribution in [1.29, 1.82) is 0 Å². The summed E-state index contributed by atoms with van der Waals surface area (Å²) < 4.78 is 23.5. The first-order valence-electron chi connectivity index (χ1n) is 13.5. The molecule has 1 atom stereocenters. The number of benzene rings is 3. The van der Waals surface area contributed by atoms with Crippen molar-refractivity contribution >= 4 is 40.1 Å². The van der Waals surface area contributed by atoms with Crippen LogP contribution < -0.4 is 24.4 Å². The second-order valence-electron chi connectivity index (χ2n) is 9.37. The number of aromatic nitrogens is 1. The number of hydrogen-bond donors (Lipinski definition) is 0. The van der Waals surface area contributed by atoms with Crippen molar-refractivity contribution in [2.75, 3.05) is 26.9 Å². The maximum atomic E-state index is 14.1. The molecule has 0 fully saturated rings. The quantitative estimate of drug-likeness (QED) is 0.274. The second kappa shape index (κ2) is 12.4. The average Bonchev–Trinajstić information content (AvgIpc) is 3.29. The van der Waals surface area contributed by atoms with Gasteiger partial charge < -0.3 is 18.9 Å². The van der Waals surface area contributed by atoms with Crippen LogP contribution in [0.15, 0.2) is 81.7 Å². The number of hydrogen-bond acceptors (Lipinski definition) is 9. The van der Waals surface area contributed by atoms with Crippen LogP contribution in [0.1, 0.15) is 37.9 Å². The van der Waals surface area contributed by atoms with Crippen LogP contribution in [0, 0.1) is 0 Å². The number of methoxy groups -OCH3 is 1. The molecule has 2 heterocycles. The van der Waals surface area contributed by atoms with Crippen LogP contribution in [0.25, 0.3) is 16.8 Å². The Balaban J connectivity index is 1.69. The lowest BCUT2D eigenvalue weighted by Gasteiger charge is -2.25. The lowest BCUT2D eigenvalue weighted by Crippen LogP contribution is -2.40. The van der Waals surface area contributed by atoms with Gasteiger partial charge in [0.15, 0.2) is 22.9 Å². The van der Waals surface area contributed by atoms with Crippen molar-refractivity contribution in [3.63, 3.8) is 0 Å².